The molecule has 0 unspecified atom stereocenters. The predicted octanol–water partition coefficient (Wildman–Crippen LogP) is 31.0. The quantitative estimate of drug-likeness (QED) is 0.0965. The van der Waals surface area contributed by atoms with Gasteiger partial charge in [-0.2, -0.15) is 0 Å². The van der Waals surface area contributed by atoms with E-state index in [1.165, 1.54) is 77.0 Å². The van der Waals surface area contributed by atoms with E-state index < -0.39 is 0 Å². The molecule has 102 heavy (non-hydrogen) atoms. The number of unbranched alkanes of at least 4 members (excludes halogenated alkanes) is 3. The third kappa shape index (κ3) is 117. The Morgan fingerprint density at radius 2 is 0.529 bits per heavy atom. The Bertz CT molecular complexity index is 2000. The molecule has 0 aromatic carbocycles. The summed E-state index contributed by atoms with van der Waals surface area (Å²) in [5.41, 5.74) is 4.03. The SMILES string of the molecule is CC(C)(C)C(=O)C(C)(C)C.CC(C)(C)CC(C)(C)C.CC(C)(C)CCC(=O)CCCNC(=O)C(C)(C)C.CC(C)(C)CCCC(=O)C(C)(C)C.CC(C)(C)CCCC(=O)CC(C)(C)C.CC(C)(C)CCCCC(C)(C)C.CC(C)(C)CCCCCC(C)(C)C.CC(C)(C)CCCOCC(C)(C)C. The molecule has 7 nitrogen and oxygen atoms in total. The number of carbonyl (C=O) groups excluding carboxylic acids is 5. The number of carbonyl (C=O) groups is 5. The number of hydrogen-bond donors (Lipinski definition) is 1. The molecule has 618 valence electrons. The van der Waals surface area contributed by atoms with Crippen molar-refractivity contribution < 1.29 is 28.7 Å². The van der Waals surface area contributed by atoms with E-state index in [0.717, 1.165) is 71.0 Å². The van der Waals surface area contributed by atoms with Crippen molar-refractivity contribution in [3.8, 4) is 0 Å². The molecule has 0 atom stereocenters. The Hall–Kier alpha value is -1.89. The smallest absolute Gasteiger partial charge is 0.225 e. The van der Waals surface area contributed by atoms with E-state index in [1.54, 1.807) is 0 Å². The van der Waals surface area contributed by atoms with Crippen LogP contribution in [0, 0.1) is 86.6 Å². The fraction of sp³-hybridized carbons (Fsp3) is 0.947. The summed E-state index contributed by atoms with van der Waals surface area (Å²) in [7, 11) is 0. The second-order valence-corrected chi connectivity index (χ2v) is 49.4. The van der Waals surface area contributed by atoms with Gasteiger partial charge in [0.25, 0.3) is 0 Å². The Morgan fingerprint density at radius 3 is 0.775 bits per heavy atom. The van der Waals surface area contributed by atoms with Crippen LogP contribution in [-0.2, 0) is 28.7 Å². The number of hydrogen-bond acceptors (Lipinski definition) is 6. The number of nitrogens with one attached hydrogen (secondary N) is 1. The van der Waals surface area contributed by atoms with Gasteiger partial charge in [0.2, 0.25) is 5.91 Å². The van der Waals surface area contributed by atoms with Gasteiger partial charge in [0.15, 0.2) is 0 Å². The van der Waals surface area contributed by atoms with Crippen molar-refractivity contribution in [1.82, 2.24) is 5.32 Å². The highest BCUT2D eigenvalue weighted by molar-refractivity contribution is 5.88. The van der Waals surface area contributed by atoms with Gasteiger partial charge >= 0.3 is 0 Å². The molecule has 0 aromatic rings. The molecule has 0 rings (SSSR count). The summed E-state index contributed by atoms with van der Waals surface area (Å²) in [5, 5.41) is 2.86. The lowest BCUT2D eigenvalue weighted by Gasteiger charge is -2.28. The third-order valence-corrected chi connectivity index (χ3v) is 15.7. The lowest BCUT2D eigenvalue weighted by molar-refractivity contribution is -0.134. The largest absolute Gasteiger partial charge is 0.381 e. The van der Waals surface area contributed by atoms with E-state index in [9.17, 15) is 24.0 Å². The minimum atomic E-state index is -0.351. The number of ether oxygens (including phenoxy) is 1. The first-order chi connectivity index (χ1) is 44.2. The van der Waals surface area contributed by atoms with E-state index in [2.05, 4.69) is 255 Å². The van der Waals surface area contributed by atoms with Gasteiger partial charge in [-0.3, -0.25) is 24.0 Å². The highest BCUT2D eigenvalue weighted by atomic mass is 16.5. The maximum atomic E-state index is 11.6. The van der Waals surface area contributed by atoms with Crippen LogP contribution in [0.3, 0.4) is 0 Å². The topological polar surface area (TPSA) is 107 Å². The Kier molecular flexibility index (Phi) is 57.7. The van der Waals surface area contributed by atoms with Crippen LogP contribution < -0.4 is 5.32 Å². The monoisotopic (exact) mass is 1450 g/mol. The van der Waals surface area contributed by atoms with Crippen LogP contribution in [0.15, 0.2) is 0 Å². The first-order valence-electron chi connectivity index (χ1n) is 41.2. The lowest BCUT2D eigenvalue weighted by Crippen LogP contribution is -2.35. The number of amides is 1. The summed E-state index contributed by atoms with van der Waals surface area (Å²) >= 11 is 0. The first kappa shape index (κ1) is 116. The predicted molar refractivity (Wildman–Crippen MR) is 461 cm³/mol. The Balaban J connectivity index is -0.000000166. The van der Waals surface area contributed by atoms with Crippen molar-refractivity contribution in [1.29, 1.82) is 0 Å². The Morgan fingerprint density at radius 1 is 0.245 bits per heavy atom. The molecule has 1 N–H and O–H groups in total. The van der Waals surface area contributed by atoms with Gasteiger partial charge in [0, 0.05) is 66.9 Å². The molecule has 0 fully saturated rings. The van der Waals surface area contributed by atoms with Crippen LogP contribution in [-0.4, -0.2) is 48.8 Å². The van der Waals surface area contributed by atoms with Crippen molar-refractivity contribution in [2.24, 2.45) is 86.6 Å². The van der Waals surface area contributed by atoms with Gasteiger partial charge in [-0.15, -0.1) is 0 Å². The summed E-state index contributed by atoms with van der Waals surface area (Å²) in [6.45, 7) is 107. The van der Waals surface area contributed by atoms with Crippen molar-refractivity contribution in [3.63, 3.8) is 0 Å². The summed E-state index contributed by atoms with van der Waals surface area (Å²) in [4.78, 5) is 57.8. The standard InChI is InChI=1S/C15H29NO2.C13H26O.C13H28.C12H26O.C12H24O.C12H26.C9H18O.C9H20/c1-14(2,3)10-9-12(17)8-7-11-16-13(18)15(4,5)6;1-12(2,3)9-7-8-11(14)10-13(4,5)6;1-12(2,3)10-8-7-9-11-13(4,5)6;1-11(2,3)8-7-9-13-10-12(4,5)6;1-11(2,3)9-7-8-10(13)12(4,5)6;1-11(2,3)9-7-8-10-12(4,5)6;1-8(2,3)7(10)9(4,5)6;1-8(2,3)7-9(4,5)6/h7-11H2,1-6H3,(H,16,18);7-10H2,1-6H3;7-11H2,1-6H3;7-10H2,1-6H3;7-9H2,1-6H3;7-10H2,1-6H3;1-6H3;7H2,1-6H3. The van der Waals surface area contributed by atoms with Crippen LogP contribution in [0.2, 0.25) is 0 Å². The van der Waals surface area contributed by atoms with Crippen molar-refractivity contribution in [2.45, 2.75) is 480 Å². The molecule has 0 radical (unpaired) electrons. The van der Waals surface area contributed by atoms with Gasteiger partial charge in [0.05, 0.1) is 6.61 Å². The average Bonchev–Trinajstić information content (AvgIpc) is 0.854. The van der Waals surface area contributed by atoms with E-state index in [1.807, 2.05) is 83.1 Å². The van der Waals surface area contributed by atoms with Gasteiger partial charge in [-0.05, 0) is 148 Å². The summed E-state index contributed by atoms with van der Waals surface area (Å²) in [6, 6.07) is 0. The molecule has 0 aliphatic carbocycles. The number of rotatable bonds is 24. The molecule has 0 aliphatic rings. The highest BCUT2D eigenvalue weighted by Gasteiger charge is 2.32. The molecule has 1 amide bonds. The molecule has 0 bridgehead atoms. The van der Waals surface area contributed by atoms with Gasteiger partial charge in [0.1, 0.15) is 23.1 Å². The highest BCUT2D eigenvalue weighted by Crippen LogP contribution is 2.34. The fourth-order valence-electron chi connectivity index (χ4n) is 10.6. The van der Waals surface area contributed by atoms with Crippen LogP contribution in [0.1, 0.15) is 480 Å². The molecule has 0 aliphatic heterocycles. The van der Waals surface area contributed by atoms with Crippen LogP contribution in [0.5, 0.6) is 0 Å². The van der Waals surface area contributed by atoms with E-state index in [-0.39, 0.29) is 38.4 Å². The normalized spacial score (nSPS) is 13.2. The molecular formula is C95H197NO6. The zero-order valence-corrected chi connectivity index (χ0v) is 79.8. The fourth-order valence-corrected chi connectivity index (χ4v) is 10.6. The zero-order chi connectivity index (χ0) is 83.7. The van der Waals surface area contributed by atoms with Gasteiger partial charge in [-0.1, -0.05) is 364 Å². The minimum absolute atomic E-state index is 0.0460. The maximum Gasteiger partial charge on any atom is 0.225 e. The van der Waals surface area contributed by atoms with E-state index in [4.69, 9.17) is 4.74 Å². The average molecular weight is 1450 g/mol. The van der Waals surface area contributed by atoms with Crippen molar-refractivity contribution in [2.75, 3.05) is 19.8 Å². The second-order valence-electron chi connectivity index (χ2n) is 49.4. The molecule has 0 heterocycles. The van der Waals surface area contributed by atoms with Gasteiger partial charge < -0.3 is 10.1 Å². The first-order valence-corrected chi connectivity index (χ1v) is 41.2. The third-order valence-electron chi connectivity index (χ3n) is 15.7. The number of Topliss-reactive ketones (excluding diaryl/α,β-unsaturated/α-hetero) is 4. The molecular weight excluding hydrogens is 1250 g/mol. The van der Waals surface area contributed by atoms with E-state index in [0.29, 0.717) is 96.7 Å². The summed E-state index contributed by atoms with van der Waals surface area (Å²) < 4.78 is 5.59. The molecule has 0 aromatic heterocycles. The second kappa shape index (κ2) is 50.7. The van der Waals surface area contributed by atoms with Crippen molar-refractivity contribution in [3.05, 3.63) is 0 Å². The Labute approximate surface area is 646 Å². The van der Waals surface area contributed by atoms with Crippen LogP contribution in [0.25, 0.3) is 0 Å². The van der Waals surface area contributed by atoms with Crippen LogP contribution in [0.4, 0.5) is 0 Å². The number of ketones is 4. The minimum Gasteiger partial charge on any atom is -0.381 e. The molecule has 0 saturated heterocycles. The summed E-state index contributed by atoms with van der Waals surface area (Å²) in [5.74, 6) is 1.47. The molecule has 0 saturated carbocycles. The zero-order valence-electron chi connectivity index (χ0n) is 79.8. The molecule has 7 heteroatoms. The van der Waals surface area contributed by atoms with E-state index >= 15 is 0 Å². The van der Waals surface area contributed by atoms with Gasteiger partial charge in [-0.25, -0.2) is 0 Å². The molecule has 0 spiro atoms. The maximum absolute atomic E-state index is 11.6. The lowest BCUT2D eigenvalue weighted by atomic mass is 9.76. The van der Waals surface area contributed by atoms with Crippen molar-refractivity contribution >= 4 is 29.0 Å². The summed E-state index contributed by atoms with van der Waals surface area (Å²) in [6.07, 6.45) is 25.6. The van der Waals surface area contributed by atoms with Crippen LogP contribution >= 0.6 is 0 Å².